The first kappa shape index (κ1) is 11.5. The maximum absolute atomic E-state index is 5.79. The van der Waals surface area contributed by atoms with Crippen molar-refractivity contribution >= 4 is 22.6 Å². The number of hydrogen-bond acceptors (Lipinski definition) is 2. The summed E-state index contributed by atoms with van der Waals surface area (Å²) in [4.78, 5) is 0. The Bertz CT molecular complexity index is 170. The van der Waals surface area contributed by atoms with Crippen LogP contribution in [0.2, 0.25) is 0 Å². The second-order valence-corrected chi connectivity index (χ2v) is 5.22. The molecule has 0 aromatic carbocycles. The van der Waals surface area contributed by atoms with Crippen molar-refractivity contribution in [2.75, 3.05) is 6.61 Å². The normalized spacial score (nSPS) is 30.8. The summed E-state index contributed by atoms with van der Waals surface area (Å²) in [7, 11) is 0. The van der Waals surface area contributed by atoms with E-state index in [4.69, 9.17) is 9.47 Å². The molecule has 0 amide bonds. The van der Waals surface area contributed by atoms with Crippen molar-refractivity contribution in [2.45, 2.75) is 36.6 Å². The number of alkyl halides is 1. The minimum Gasteiger partial charge on any atom is -0.351 e. The highest BCUT2D eigenvalue weighted by Crippen LogP contribution is 2.25. The minimum atomic E-state index is -0.0361. The van der Waals surface area contributed by atoms with Gasteiger partial charge < -0.3 is 9.47 Å². The van der Waals surface area contributed by atoms with Crippen LogP contribution in [0.25, 0.3) is 0 Å². The Labute approximate surface area is 93.8 Å². The lowest BCUT2D eigenvalue weighted by Gasteiger charge is -2.23. The molecule has 1 aliphatic heterocycles. The third-order valence-electron chi connectivity index (χ3n) is 2.15. The first-order chi connectivity index (χ1) is 6.15. The molecule has 0 aromatic rings. The van der Waals surface area contributed by atoms with Crippen molar-refractivity contribution in [2.24, 2.45) is 5.92 Å². The quantitative estimate of drug-likeness (QED) is 0.451. The Morgan fingerprint density at radius 2 is 2.31 bits per heavy atom. The molecule has 0 N–H and O–H groups in total. The van der Waals surface area contributed by atoms with Crippen molar-refractivity contribution in [3.8, 4) is 0 Å². The second-order valence-electron chi connectivity index (χ2n) is 3.62. The monoisotopic (exact) mass is 296 g/mol. The topological polar surface area (TPSA) is 18.5 Å². The Morgan fingerprint density at radius 1 is 1.62 bits per heavy atom. The zero-order valence-electron chi connectivity index (χ0n) is 8.20. The van der Waals surface area contributed by atoms with E-state index < -0.39 is 0 Å². The maximum atomic E-state index is 5.79. The smallest absolute Gasteiger partial charge is 0.170 e. The van der Waals surface area contributed by atoms with Crippen molar-refractivity contribution in [1.82, 2.24) is 0 Å². The molecule has 1 saturated heterocycles. The van der Waals surface area contributed by atoms with Crippen molar-refractivity contribution < 1.29 is 9.47 Å². The zero-order valence-corrected chi connectivity index (χ0v) is 10.4. The van der Waals surface area contributed by atoms with Crippen LogP contribution >= 0.6 is 22.6 Å². The van der Waals surface area contributed by atoms with Crippen LogP contribution in [-0.2, 0) is 9.47 Å². The Hall–Kier alpha value is 0.390. The first-order valence-electron chi connectivity index (χ1n) is 4.69. The summed E-state index contributed by atoms with van der Waals surface area (Å²) in [5.41, 5.74) is 0. The minimum absolute atomic E-state index is 0.0361. The molecule has 0 saturated carbocycles. The molecule has 0 radical (unpaired) electrons. The van der Waals surface area contributed by atoms with Gasteiger partial charge in [0.2, 0.25) is 0 Å². The molecule has 76 valence electrons. The van der Waals surface area contributed by atoms with E-state index in [1.54, 1.807) is 0 Å². The molecular weight excluding hydrogens is 279 g/mol. The lowest BCUT2D eigenvalue weighted by molar-refractivity contribution is -0.136. The molecule has 3 atom stereocenters. The lowest BCUT2D eigenvalue weighted by Crippen LogP contribution is -2.28. The molecule has 0 bridgehead atoms. The number of rotatable bonds is 4. The van der Waals surface area contributed by atoms with Crippen LogP contribution in [0.1, 0.15) is 20.3 Å². The average Bonchev–Trinajstić information content (AvgIpc) is 2.46. The van der Waals surface area contributed by atoms with E-state index in [-0.39, 0.29) is 12.4 Å². The summed E-state index contributed by atoms with van der Waals surface area (Å²) in [5, 5.41) is 0. The van der Waals surface area contributed by atoms with Gasteiger partial charge in [-0.15, -0.1) is 6.58 Å². The fourth-order valence-electron chi connectivity index (χ4n) is 1.30. The lowest BCUT2D eigenvalue weighted by atomic mass is 10.1. The van der Waals surface area contributed by atoms with Crippen LogP contribution in [0.5, 0.6) is 0 Å². The van der Waals surface area contributed by atoms with E-state index in [9.17, 15) is 0 Å². The van der Waals surface area contributed by atoms with E-state index in [1.807, 2.05) is 6.08 Å². The van der Waals surface area contributed by atoms with Crippen molar-refractivity contribution in [3.63, 3.8) is 0 Å². The van der Waals surface area contributed by atoms with E-state index >= 15 is 0 Å². The van der Waals surface area contributed by atoms with E-state index in [1.165, 1.54) is 0 Å². The van der Waals surface area contributed by atoms with Gasteiger partial charge >= 0.3 is 0 Å². The highest BCUT2D eigenvalue weighted by molar-refractivity contribution is 14.1. The van der Waals surface area contributed by atoms with Gasteiger partial charge in [-0.3, -0.25) is 0 Å². The van der Waals surface area contributed by atoms with E-state index in [2.05, 4.69) is 43.0 Å². The molecular formula is C10H17IO2. The van der Waals surface area contributed by atoms with E-state index in [0.29, 0.717) is 9.84 Å². The zero-order chi connectivity index (χ0) is 9.84. The van der Waals surface area contributed by atoms with Crippen LogP contribution in [0.3, 0.4) is 0 Å². The van der Waals surface area contributed by atoms with Gasteiger partial charge in [-0.25, -0.2) is 0 Å². The highest BCUT2D eigenvalue weighted by Gasteiger charge is 2.29. The van der Waals surface area contributed by atoms with E-state index in [0.717, 1.165) is 13.0 Å². The number of halogens is 1. The van der Waals surface area contributed by atoms with Crippen LogP contribution in [0.4, 0.5) is 0 Å². The second kappa shape index (κ2) is 5.32. The number of hydrogen-bond donors (Lipinski definition) is 0. The molecule has 1 fully saturated rings. The summed E-state index contributed by atoms with van der Waals surface area (Å²) in [6, 6.07) is 0. The Kier molecular flexibility index (Phi) is 4.69. The summed E-state index contributed by atoms with van der Waals surface area (Å²) in [6.07, 6.45) is 3.02. The SMILES string of the molecule is C=CC(O[C@H]1OCC[C@@H]1I)C(C)C. The summed E-state index contributed by atoms with van der Waals surface area (Å²) in [6.45, 7) is 8.84. The molecule has 2 nitrogen and oxygen atoms in total. The fraction of sp³-hybridized carbons (Fsp3) is 0.800. The Balaban J connectivity index is 2.41. The van der Waals surface area contributed by atoms with Gasteiger partial charge in [0, 0.05) is 0 Å². The van der Waals surface area contributed by atoms with Gasteiger partial charge in [0.1, 0.15) is 0 Å². The van der Waals surface area contributed by atoms with Crippen LogP contribution in [-0.4, -0.2) is 22.9 Å². The summed E-state index contributed by atoms with van der Waals surface area (Å²) < 4.78 is 11.7. The predicted octanol–water partition coefficient (Wildman–Crippen LogP) is 2.76. The molecule has 1 heterocycles. The molecule has 0 aliphatic carbocycles. The molecule has 13 heavy (non-hydrogen) atoms. The van der Waals surface area contributed by atoms with Gasteiger partial charge in [-0.1, -0.05) is 42.5 Å². The fourth-order valence-corrected chi connectivity index (χ4v) is 1.93. The van der Waals surface area contributed by atoms with Crippen LogP contribution < -0.4 is 0 Å². The Morgan fingerprint density at radius 3 is 2.69 bits per heavy atom. The summed E-state index contributed by atoms with van der Waals surface area (Å²) >= 11 is 2.38. The third-order valence-corrected chi connectivity index (χ3v) is 3.36. The van der Waals surface area contributed by atoms with Gasteiger partial charge in [-0.2, -0.15) is 0 Å². The van der Waals surface area contributed by atoms with Crippen LogP contribution in [0, 0.1) is 5.92 Å². The molecule has 1 unspecified atom stereocenters. The van der Waals surface area contributed by atoms with Gasteiger partial charge in [0.15, 0.2) is 6.29 Å². The molecule has 1 aliphatic rings. The van der Waals surface area contributed by atoms with Gasteiger partial charge in [-0.05, 0) is 12.3 Å². The van der Waals surface area contributed by atoms with Gasteiger partial charge in [0.05, 0.1) is 16.6 Å². The summed E-state index contributed by atoms with van der Waals surface area (Å²) in [5.74, 6) is 0.463. The standard InChI is InChI=1S/C10H17IO2/c1-4-9(7(2)3)13-10-8(11)5-6-12-10/h4,7-10H,1,5-6H2,2-3H3/t8-,9?,10+/m0/s1. The molecule has 1 rings (SSSR count). The highest BCUT2D eigenvalue weighted by atomic mass is 127. The average molecular weight is 296 g/mol. The maximum Gasteiger partial charge on any atom is 0.170 e. The third kappa shape index (κ3) is 3.22. The number of ether oxygens (including phenoxy) is 2. The molecule has 3 heteroatoms. The molecule has 0 spiro atoms. The predicted molar refractivity (Wildman–Crippen MR) is 62.1 cm³/mol. The van der Waals surface area contributed by atoms with Crippen molar-refractivity contribution in [1.29, 1.82) is 0 Å². The first-order valence-corrected chi connectivity index (χ1v) is 5.93. The van der Waals surface area contributed by atoms with Crippen molar-refractivity contribution in [3.05, 3.63) is 12.7 Å². The molecule has 0 aromatic heterocycles. The van der Waals surface area contributed by atoms with Crippen LogP contribution in [0.15, 0.2) is 12.7 Å². The largest absolute Gasteiger partial charge is 0.351 e. The van der Waals surface area contributed by atoms with Gasteiger partial charge in [0.25, 0.3) is 0 Å².